The predicted octanol–water partition coefficient (Wildman–Crippen LogP) is 2.93. The third kappa shape index (κ3) is 3.08. The van der Waals surface area contributed by atoms with Crippen molar-refractivity contribution in [3.63, 3.8) is 0 Å². The van der Waals surface area contributed by atoms with Gasteiger partial charge in [-0.2, -0.15) is 10.4 Å². The van der Waals surface area contributed by atoms with Crippen LogP contribution in [-0.4, -0.2) is 15.7 Å². The van der Waals surface area contributed by atoms with E-state index in [1.165, 1.54) is 6.08 Å². The quantitative estimate of drug-likeness (QED) is 0.593. The Labute approximate surface area is 139 Å². The summed E-state index contributed by atoms with van der Waals surface area (Å²) in [6.07, 6.45) is 3.25. The lowest BCUT2D eigenvalue weighted by molar-refractivity contribution is -0.114. The van der Waals surface area contributed by atoms with Crippen LogP contribution in [-0.2, 0) is 4.79 Å². The van der Waals surface area contributed by atoms with Crippen molar-refractivity contribution in [1.29, 1.82) is 5.26 Å². The molecule has 0 atom stereocenters. The zero-order valence-corrected chi connectivity index (χ0v) is 12.8. The van der Waals surface area contributed by atoms with E-state index in [4.69, 9.17) is 11.0 Å². The zero-order valence-electron chi connectivity index (χ0n) is 12.8. The molecule has 3 aromatic rings. The molecule has 0 fully saturated rings. The number of rotatable bonds is 4. The third-order valence-electron chi connectivity index (χ3n) is 3.50. The smallest absolute Gasteiger partial charge is 0.259 e. The number of carbonyl (C=O) groups excluding carboxylic acids is 1. The Morgan fingerprint density at radius 1 is 1.08 bits per heavy atom. The standard InChI is InChI=1S/C19H14N4O/c20-12-15(19(21)24)11-16-13-23(17-9-5-2-6-10-17)22-18(16)14-7-3-1-4-8-14/h1-11,13H,(H2,21,24)/b15-11-. The van der Waals surface area contributed by atoms with Crippen molar-refractivity contribution in [2.24, 2.45) is 5.73 Å². The number of para-hydroxylation sites is 1. The van der Waals surface area contributed by atoms with Gasteiger partial charge in [-0.3, -0.25) is 4.79 Å². The number of hydrogen-bond acceptors (Lipinski definition) is 3. The highest BCUT2D eigenvalue weighted by Crippen LogP contribution is 2.25. The lowest BCUT2D eigenvalue weighted by atomic mass is 10.1. The molecule has 2 aromatic carbocycles. The minimum Gasteiger partial charge on any atom is -0.365 e. The number of nitriles is 1. The fourth-order valence-corrected chi connectivity index (χ4v) is 2.34. The molecule has 0 aliphatic carbocycles. The Bertz CT molecular complexity index is 935. The number of aromatic nitrogens is 2. The SMILES string of the molecule is N#C/C(=C/c1cn(-c2ccccc2)nc1-c1ccccc1)C(N)=O. The number of benzene rings is 2. The molecular formula is C19H14N4O. The van der Waals surface area contributed by atoms with E-state index in [9.17, 15) is 4.79 Å². The van der Waals surface area contributed by atoms with E-state index >= 15 is 0 Å². The summed E-state index contributed by atoms with van der Waals surface area (Å²) in [4.78, 5) is 11.4. The molecule has 0 aliphatic rings. The molecule has 5 heteroatoms. The van der Waals surface area contributed by atoms with Crippen LogP contribution in [0.5, 0.6) is 0 Å². The molecule has 0 bridgehead atoms. The summed E-state index contributed by atoms with van der Waals surface area (Å²) in [6, 6.07) is 21.0. The summed E-state index contributed by atoms with van der Waals surface area (Å²) in [6.45, 7) is 0. The summed E-state index contributed by atoms with van der Waals surface area (Å²) >= 11 is 0. The van der Waals surface area contributed by atoms with Crippen molar-refractivity contribution in [3.05, 3.63) is 78.0 Å². The monoisotopic (exact) mass is 314 g/mol. The van der Waals surface area contributed by atoms with Gasteiger partial charge in [-0.15, -0.1) is 0 Å². The van der Waals surface area contributed by atoms with Gasteiger partial charge in [0.15, 0.2) is 0 Å². The summed E-state index contributed by atoms with van der Waals surface area (Å²) in [7, 11) is 0. The van der Waals surface area contributed by atoms with Crippen LogP contribution in [0.25, 0.3) is 23.0 Å². The molecule has 3 rings (SSSR count). The van der Waals surface area contributed by atoms with Gasteiger partial charge in [0.2, 0.25) is 0 Å². The first-order valence-corrected chi connectivity index (χ1v) is 7.31. The van der Waals surface area contributed by atoms with Crippen molar-refractivity contribution < 1.29 is 4.79 Å². The highest BCUT2D eigenvalue weighted by atomic mass is 16.1. The molecule has 1 amide bonds. The minimum atomic E-state index is -0.760. The normalized spacial score (nSPS) is 11.0. The second kappa shape index (κ2) is 6.63. The molecule has 24 heavy (non-hydrogen) atoms. The van der Waals surface area contributed by atoms with E-state index < -0.39 is 5.91 Å². The van der Waals surface area contributed by atoms with Crippen molar-refractivity contribution >= 4 is 12.0 Å². The molecule has 0 saturated carbocycles. The lowest BCUT2D eigenvalue weighted by Gasteiger charge is -2.00. The highest BCUT2D eigenvalue weighted by molar-refractivity contribution is 6.01. The first kappa shape index (κ1) is 15.3. The molecule has 0 unspecified atom stereocenters. The largest absolute Gasteiger partial charge is 0.365 e. The first-order valence-electron chi connectivity index (χ1n) is 7.31. The Balaban J connectivity index is 2.18. The van der Waals surface area contributed by atoms with Gasteiger partial charge in [-0.05, 0) is 18.2 Å². The number of nitrogens with zero attached hydrogens (tertiary/aromatic N) is 3. The van der Waals surface area contributed by atoms with Crippen LogP contribution in [0.15, 0.2) is 72.4 Å². The topological polar surface area (TPSA) is 84.7 Å². The molecule has 0 aliphatic heterocycles. The van der Waals surface area contributed by atoms with Crippen LogP contribution in [0.4, 0.5) is 0 Å². The van der Waals surface area contributed by atoms with Crippen LogP contribution in [0.2, 0.25) is 0 Å². The molecule has 0 saturated heterocycles. The Hall–Kier alpha value is -3.65. The molecular weight excluding hydrogens is 300 g/mol. The minimum absolute atomic E-state index is 0.111. The summed E-state index contributed by atoms with van der Waals surface area (Å²) in [5.74, 6) is -0.760. The van der Waals surface area contributed by atoms with Crippen molar-refractivity contribution in [3.8, 4) is 23.0 Å². The van der Waals surface area contributed by atoms with E-state index in [2.05, 4.69) is 5.10 Å². The molecule has 5 nitrogen and oxygen atoms in total. The molecule has 0 spiro atoms. The van der Waals surface area contributed by atoms with Crippen LogP contribution in [0.1, 0.15) is 5.56 Å². The van der Waals surface area contributed by atoms with Gasteiger partial charge in [-0.1, -0.05) is 48.5 Å². The molecule has 0 radical (unpaired) electrons. The van der Waals surface area contributed by atoms with Gasteiger partial charge in [0.05, 0.1) is 11.4 Å². The second-order valence-corrected chi connectivity index (χ2v) is 5.11. The average molecular weight is 314 g/mol. The fourth-order valence-electron chi connectivity index (χ4n) is 2.34. The third-order valence-corrected chi connectivity index (χ3v) is 3.50. The van der Waals surface area contributed by atoms with Crippen LogP contribution < -0.4 is 5.73 Å². The van der Waals surface area contributed by atoms with Crippen LogP contribution in [0.3, 0.4) is 0 Å². The van der Waals surface area contributed by atoms with E-state index in [1.54, 1.807) is 10.9 Å². The van der Waals surface area contributed by atoms with Gasteiger partial charge in [0.1, 0.15) is 11.6 Å². The maximum atomic E-state index is 11.4. The molecule has 1 heterocycles. The Morgan fingerprint density at radius 3 is 2.29 bits per heavy atom. The second-order valence-electron chi connectivity index (χ2n) is 5.11. The summed E-state index contributed by atoms with van der Waals surface area (Å²) in [5, 5.41) is 13.7. The van der Waals surface area contributed by atoms with Gasteiger partial charge in [0, 0.05) is 17.3 Å². The molecule has 116 valence electrons. The Kier molecular flexibility index (Phi) is 4.21. The lowest BCUT2D eigenvalue weighted by Crippen LogP contribution is -2.12. The van der Waals surface area contributed by atoms with Crippen LogP contribution >= 0.6 is 0 Å². The van der Waals surface area contributed by atoms with Crippen molar-refractivity contribution in [2.45, 2.75) is 0 Å². The van der Waals surface area contributed by atoms with Gasteiger partial charge in [0.25, 0.3) is 5.91 Å². The van der Waals surface area contributed by atoms with E-state index in [0.29, 0.717) is 11.3 Å². The van der Waals surface area contributed by atoms with E-state index in [1.807, 2.05) is 66.7 Å². The number of primary amides is 1. The van der Waals surface area contributed by atoms with Crippen molar-refractivity contribution in [2.75, 3.05) is 0 Å². The maximum absolute atomic E-state index is 11.4. The van der Waals surface area contributed by atoms with Gasteiger partial charge < -0.3 is 5.73 Å². The van der Waals surface area contributed by atoms with Crippen molar-refractivity contribution in [1.82, 2.24) is 9.78 Å². The van der Waals surface area contributed by atoms with E-state index in [-0.39, 0.29) is 5.57 Å². The summed E-state index contributed by atoms with van der Waals surface area (Å²) in [5.41, 5.74) is 8.23. The van der Waals surface area contributed by atoms with Gasteiger partial charge in [-0.25, -0.2) is 4.68 Å². The van der Waals surface area contributed by atoms with Crippen LogP contribution in [0, 0.1) is 11.3 Å². The first-order chi connectivity index (χ1) is 11.7. The predicted molar refractivity (Wildman–Crippen MR) is 91.8 cm³/mol. The zero-order chi connectivity index (χ0) is 16.9. The number of nitrogens with two attached hydrogens (primary N) is 1. The Morgan fingerprint density at radius 2 is 1.71 bits per heavy atom. The molecule has 1 aromatic heterocycles. The highest BCUT2D eigenvalue weighted by Gasteiger charge is 2.13. The average Bonchev–Trinajstić information content (AvgIpc) is 3.05. The number of carbonyl (C=O) groups is 1. The molecule has 2 N–H and O–H groups in total. The van der Waals surface area contributed by atoms with E-state index in [0.717, 1.165) is 11.3 Å². The maximum Gasteiger partial charge on any atom is 0.259 e. The van der Waals surface area contributed by atoms with Gasteiger partial charge >= 0.3 is 0 Å². The number of hydrogen-bond donors (Lipinski definition) is 1. The fraction of sp³-hybridized carbons (Fsp3) is 0. The number of amides is 1. The summed E-state index contributed by atoms with van der Waals surface area (Å²) < 4.78 is 1.71.